The van der Waals surface area contributed by atoms with E-state index in [4.69, 9.17) is 4.74 Å². The fourth-order valence-electron chi connectivity index (χ4n) is 1.30. The predicted molar refractivity (Wildman–Crippen MR) is 65.6 cm³/mol. The second-order valence-corrected chi connectivity index (χ2v) is 3.86. The average molecular weight is 273 g/mol. The molecule has 0 bridgehead atoms. The Morgan fingerprint density at radius 2 is 2.26 bits per heavy atom. The van der Waals surface area contributed by atoms with Gasteiger partial charge in [0.05, 0.1) is 13.2 Å². The highest BCUT2D eigenvalue weighted by Gasteiger charge is 2.12. The number of amides is 1. The molecule has 0 aliphatic carbocycles. The number of aromatic nitrogens is 2. The van der Waals surface area contributed by atoms with Crippen LogP contribution in [0.25, 0.3) is 0 Å². The maximum absolute atomic E-state index is 13.6. The predicted octanol–water partition coefficient (Wildman–Crippen LogP) is 0.986. The lowest BCUT2D eigenvalue weighted by Gasteiger charge is -2.11. The van der Waals surface area contributed by atoms with Gasteiger partial charge in [-0.1, -0.05) is 0 Å². The van der Waals surface area contributed by atoms with Crippen LogP contribution >= 0.6 is 0 Å². The molecule has 1 aromatic heterocycles. The molecule has 0 aliphatic heterocycles. The van der Waals surface area contributed by atoms with E-state index in [0.717, 1.165) is 17.9 Å². The number of nitrogens with zero attached hydrogens (tertiary/aromatic N) is 2. The minimum Gasteiger partial charge on any atom is -0.453 e. The summed E-state index contributed by atoms with van der Waals surface area (Å²) < 4.78 is 24.0. The van der Waals surface area contributed by atoms with Crippen molar-refractivity contribution < 1.29 is 18.7 Å². The first-order valence-corrected chi connectivity index (χ1v) is 5.62. The molecule has 0 aromatic carbocycles. The Morgan fingerprint density at radius 1 is 1.58 bits per heavy atom. The van der Waals surface area contributed by atoms with Gasteiger partial charge >= 0.3 is 11.8 Å². The number of hydrogen-bond acceptors (Lipinski definition) is 5. The minimum absolute atomic E-state index is 0.0529. The van der Waals surface area contributed by atoms with Crippen LogP contribution in [0.15, 0.2) is 11.0 Å². The van der Waals surface area contributed by atoms with Crippen molar-refractivity contribution in [1.82, 2.24) is 9.55 Å². The van der Waals surface area contributed by atoms with E-state index in [9.17, 15) is 14.0 Å². The van der Waals surface area contributed by atoms with Crippen LogP contribution in [-0.2, 0) is 16.0 Å². The summed E-state index contributed by atoms with van der Waals surface area (Å²) in [4.78, 5) is 26.0. The van der Waals surface area contributed by atoms with Crippen LogP contribution in [0.2, 0.25) is 0 Å². The van der Waals surface area contributed by atoms with E-state index in [0.29, 0.717) is 6.42 Å². The maximum atomic E-state index is 13.6. The number of hydrogen-bond donors (Lipinski definition) is 1. The van der Waals surface area contributed by atoms with Crippen molar-refractivity contribution in [2.24, 2.45) is 0 Å². The van der Waals surface area contributed by atoms with Crippen LogP contribution in [0, 0.1) is 5.82 Å². The van der Waals surface area contributed by atoms with Crippen molar-refractivity contribution in [1.29, 1.82) is 0 Å². The van der Waals surface area contributed by atoms with Crippen LogP contribution in [0.3, 0.4) is 0 Å². The van der Waals surface area contributed by atoms with E-state index in [-0.39, 0.29) is 12.6 Å². The number of anilines is 1. The van der Waals surface area contributed by atoms with Crippen LogP contribution in [0.5, 0.6) is 0 Å². The van der Waals surface area contributed by atoms with E-state index in [2.05, 4.69) is 9.72 Å². The van der Waals surface area contributed by atoms with Crippen molar-refractivity contribution in [3.63, 3.8) is 0 Å². The van der Waals surface area contributed by atoms with Crippen LogP contribution < -0.4 is 11.0 Å². The van der Waals surface area contributed by atoms with Gasteiger partial charge in [-0.2, -0.15) is 4.98 Å². The lowest BCUT2D eigenvalue weighted by atomic mass is 10.3. The van der Waals surface area contributed by atoms with Crippen molar-refractivity contribution in [2.45, 2.75) is 26.0 Å². The topological polar surface area (TPSA) is 82.5 Å². The summed E-state index contributed by atoms with van der Waals surface area (Å²) in [6, 6.07) is 0. The van der Waals surface area contributed by atoms with Crippen LogP contribution in [0.1, 0.15) is 13.3 Å². The molecule has 0 aliphatic rings. The highest BCUT2D eigenvalue weighted by Crippen LogP contribution is 2.08. The summed E-state index contributed by atoms with van der Waals surface area (Å²) >= 11 is 0. The molecule has 1 unspecified atom stereocenters. The molecule has 7 nitrogen and oxygen atoms in total. The van der Waals surface area contributed by atoms with E-state index in [1.54, 1.807) is 7.11 Å². The van der Waals surface area contributed by atoms with Crippen LogP contribution in [-0.4, -0.2) is 36.0 Å². The molecule has 0 spiro atoms. The molecule has 0 radical (unpaired) electrons. The van der Waals surface area contributed by atoms with E-state index in [1.165, 1.54) is 0 Å². The average Bonchev–Trinajstić information content (AvgIpc) is 2.40. The Hall–Kier alpha value is -1.96. The molecule has 19 heavy (non-hydrogen) atoms. The Morgan fingerprint density at radius 3 is 2.84 bits per heavy atom. The molecule has 1 N–H and O–H groups in total. The zero-order valence-corrected chi connectivity index (χ0v) is 11.0. The first-order chi connectivity index (χ1) is 8.97. The maximum Gasteiger partial charge on any atom is 0.412 e. The number of methoxy groups -OCH3 is 2. The molecule has 1 aromatic rings. The van der Waals surface area contributed by atoms with Crippen LogP contribution in [0.4, 0.5) is 15.0 Å². The highest BCUT2D eigenvalue weighted by molar-refractivity contribution is 5.83. The van der Waals surface area contributed by atoms with E-state index in [1.807, 2.05) is 12.2 Å². The molecule has 1 amide bonds. The second-order valence-electron chi connectivity index (χ2n) is 3.86. The number of ether oxygens (including phenoxy) is 2. The number of carbonyl (C=O) groups excluding carboxylic acids is 1. The van der Waals surface area contributed by atoms with Crippen molar-refractivity contribution in [3.05, 3.63) is 22.5 Å². The second kappa shape index (κ2) is 6.83. The summed E-state index contributed by atoms with van der Waals surface area (Å²) in [5.41, 5.74) is -0.656. The lowest BCUT2D eigenvalue weighted by molar-refractivity contribution is 0.106. The quantitative estimate of drug-likeness (QED) is 0.865. The summed E-state index contributed by atoms with van der Waals surface area (Å²) in [7, 11) is 2.68. The number of rotatable bonds is 5. The van der Waals surface area contributed by atoms with Gasteiger partial charge in [0.15, 0.2) is 11.6 Å². The summed E-state index contributed by atoms with van der Waals surface area (Å²) in [6.07, 6.45) is 0.587. The lowest BCUT2D eigenvalue weighted by Crippen LogP contribution is -2.27. The zero-order chi connectivity index (χ0) is 14.4. The number of halogens is 1. The summed E-state index contributed by atoms with van der Waals surface area (Å²) in [5.74, 6) is -1.26. The largest absolute Gasteiger partial charge is 0.453 e. The molecular weight excluding hydrogens is 257 g/mol. The molecule has 1 heterocycles. The van der Waals surface area contributed by atoms with Crippen molar-refractivity contribution >= 4 is 11.9 Å². The monoisotopic (exact) mass is 273 g/mol. The molecule has 1 atom stereocenters. The zero-order valence-electron chi connectivity index (χ0n) is 11.0. The minimum atomic E-state index is -0.892. The van der Waals surface area contributed by atoms with Gasteiger partial charge < -0.3 is 9.47 Å². The van der Waals surface area contributed by atoms with Gasteiger partial charge in [-0.05, 0) is 13.3 Å². The van der Waals surface area contributed by atoms with Gasteiger partial charge in [-0.3, -0.25) is 9.88 Å². The first kappa shape index (κ1) is 15.1. The molecule has 0 saturated carbocycles. The number of aryl methyl sites for hydroxylation is 1. The SMILES string of the molecule is COC(=O)Nc1nc(=O)n(CCC(C)OC)cc1F. The fraction of sp³-hybridized carbons (Fsp3) is 0.545. The van der Waals surface area contributed by atoms with E-state index < -0.39 is 23.4 Å². The third kappa shape index (κ3) is 4.32. The number of carbonyl (C=O) groups is 1. The Kier molecular flexibility index (Phi) is 5.43. The third-order valence-corrected chi connectivity index (χ3v) is 2.53. The normalized spacial score (nSPS) is 12.0. The van der Waals surface area contributed by atoms with Gasteiger partial charge in [-0.25, -0.2) is 14.0 Å². The molecular formula is C11H16FN3O4. The molecule has 8 heteroatoms. The highest BCUT2D eigenvalue weighted by atomic mass is 19.1. The van der Waals surface area contributed by atoms with Crippen molar-refractivity contribution in [2.75, 3.05) is 19.5 Å². The first-order valence-electron chi connectivity index (χ1n) is 5.62. The third-order valence-electron chi connectivity index (χ3n) is 2.53. The van der Waals surface area contributed by atoms with E-state index >= 15 is 0 Å². The molecule has 0 fully saturated rings. The fourth-order valence-corrected chi connectivity index (χ4v) is 1.30. The molecule has 106 valence electrons. The summed E-state index contributed by atoms with van der Waals surface area (Å²) in [5, 5.41) is 2.02. The van der Waals surface area contributed by atoms with Gasteiger partial charge in [0.2, 0.25) is 0 Å². The van der Waals surface area contributed by atoms with Gasteiger partial charge in [0.25, 0.3) is 0 Å². The van der Waals surface area contributed by atoms with Gasteiger partial charge in [0, 0.05) is 19.9 Å². The number of nitrogens with one attached hydrogen (secondary N) is 1. The smallest absolute Gasteiger partial charge is 0.412 e. The van der Waals surface area contributed by atoms with Gasteiger partial charge in [-0.15, -0.1) is 0 Å². The van der Waals surface area contributed by atoms with Gasteiger partial charge in [0.1, 0.15) is 0 Å². The Balaban J connectivity index is 2.85. The Bertz CT molecular complexity index is 503. The molecule has 1 rings (SSSR count). The Labute approximate surface area is 109 Å². The molecule has 0 saturated heterocycles. The van der Waals surface area contributed by atoms with Crippen molar-refractivity contribution in [3.8, 4) is 0 Å². The summed E-state index contributed by atoms with van der Waals surface area (Å²) in [6.45, 7) is 2.11. The standard InChI is InChI=1S/C11H16FN3O4/c1-7(18-2)4-5-15-6-8(12)9(13-10(15)16)14-11(17)19-3/h6-7H,4-5H2,1-3H3,(H,13,14,16,17).